The summed E-state index contributed by atoms with van der Waals surface area (Å²) in [6.07, 6.45) is 5.45. The summed E-state index contributed by atoms with van der Waals surface area (Å²) in [5.41, 5.74) is 0. The molecule has 0 aromatic carbocycles. The lowest BCUT2D eigenvalue weighted by molar-refractivity contribution is 0.389. The van der Waals surface area contributed by atoms with Crippen molar-refractivity contribution >= 4 is 27.7 Å². The van der Waals surface area contributed by atoms with E-state index in [1.165, 1.54) is 19.3 Å². The van der Waals surface area contributed by atoms with E-state index in [4.69, 9.17) is 4.74 Å². The first-order valence-electron chi connectivity index (χ1n) is 4.97. The molecule has 0 aliphatic heterocycles. The fraction of sp³-hybridized carbons (Fsp3) is 0.600. The average Bonchev–Trinajstić information content (AvgIpc) is 2.26. The molecule has 1 heterocycles. The van der Waals surface area contributed by atoms with Crippen LogP contribution < -0.4 is 4.74 Å². The van der Waals surface area contributed by atoms with Gasteiger partial charge < -0.3 is 4.74 Å². The Kier molecular flexibility index (Phi) is 6.02. The third-order valence-corrected chi connectivity index (χ3v) is 3.35. The van der Waals surface area contributed by atoms with Crippen molar-refractivity contribution in [2.45, 2.75) is 31.3 Å². The maximum atomic E-state index is 5.10. The van der Waals surface area contributed by atoms with Crippen LogP contribution in [0.1, 0.15) is 26.2 Å². The van der Waals surface area contributed by atoms with Crippen molar-refractivity contribution in [1.82, 2.24) is 9.97 Å². The number of nitrogens with zero attached hydrogens (tertiary/aromatic N) is 2. The van der Waals surface area contributed by atoms with Crippen molar-refractivity contribution in [1.29, 1.82) is 0 Å². The van der Waals surface area contributed by atoms with Gasteiger partial charge in [0.05, 0.1) is 11.6 Å². The van der Waals surface area contributed by atoms with Gasteiger partial charge in [0.1, 0.15) is 0 Å². The van der Waals surface area contributed by atoms with Gasteiger partial charge >= 0.3 is 0 Å². The van der Waals surface area contributed by atoms with E-state index in [9.17, 15) is 0 Å². The van der Waals surface area contributed by atoms with Crippen LogP contribution in [0.25, 0.3) is 0 Å². The summed E-state index contributed by atoms with van der Waals surface area (Å²) in [6, 6.07) is 0. The van der Waals surface area contributed by atoms with Gasteiger partial charge in [0.2, 0.25) is 5.88 Å². The minimum atomic E-state index is 0.600. The summed E-state index contributed by atoms with van der Waals surface area (Å²) in [6.45, 7) is 2.20. The largest absolute Gasteiger partial charge is 0.480 e. The van der Waals surface area contributed by atoms with E-state index in [1.807, 2.05) is 0 Å². The Labute approximate surface area is 103 Å². The van der Waals surface area contributed by atoms with Gasteiger partial charge in [0.25, 0.3) is 0 Å². The molecular weight excluding hydrogens is 276 g/mol. The highest BCUT2D eigenvalue weighted by molar-refractivity contribution is 9.10. The lowest BCUT2D eigenvalue weighted by Gasteiger charge is -2.03. The standard InChI is InChI=1S/C10H15BrN2OS/c1-3-4-5-6-15-10-12-7-8(11)9(13-10)14-2/h7H,3-6H2,1-2H3. The Hall–Kier alpha value is -0.290. The molecule has 5 heteroatoms. The Morgan fingerprint density at radius 2 is 2.27 bits per heavy atom. The smallest absolute Gasteiger partial charge is 0.231 e. The highest BCUT2D eigenvalue weighted by atomic mass is 79.9. The van der Waals surface area contributed by atoms with Crippen LogP contribution in [0.5, 0.6) is 5.88 Å². The van der Waals surface area contributed by atoms with Crippen LogP contribution in [-0.2, 0) is 0 Å². The summed E-state index contributed by atoms with van der Waals surface area (Å²) in [7, 11) is 1.61. The number of hydrogen-bond acceptors (Lipinski definition) is 4. The Bertz CT molecular complexity index is 309. The van der Waals surface area contributed by atoms with Crippen molar-refractivity contribution < 1.29 is 4.74 Å². The van der Waals surface area contributed by atoms with E-state index in [0.29, 0.717) is 5.88 Å². The van der Waals surface area contributed by atoms with E-state index in [2.05, 4.69) is 32.8 Å². The van der Waals surface area contributed by atoms with Gasteiger partial charge in [-0.3, -0.25) is 0 Å². The van der Waals surface area contributed by atoms with Gasteiger partial charge in [-0.1, -0.05) is 31.5 Å². The molecule has 1 rings (SSSR count). The summed E-state index contributed by atoms with van der Waals surface area (Å²) in [4.78, 5) is 8.48. The summed E-state index contributed by atoms with van der Waals surface area (Å²) >= 11 is 5.00. The molecule has 1 aromatic heterocycles. The topological polar surface area (TPSA) is 35.0 Å². The third-order valence-electron chi connectivity index (χ3n) is 1.86. The molecule has 0 aliphatic rings. The Morgan fingerprint density at radius 3 is 2.93 bits per heavy atom. The number of rotatable bonds is 6. The van der Waals surface area contributed by atoms with Crippen LogP contribution in [0.4, 0.5) is 0 Å². The first-order valence-corrected chi connectivity index (χ1v) is 6.75. The van der Waals surface area contributed by atoms with Crippen LogP contribution >= 0.6 is 27.7 Å². The molecule has 0 amide bonds. The fourth-order valence-electron chi connectivity index (χ4n) is 1.06. The van der Waals surface area contributed by atoms with Gasteiger partial charge in [-0.05, 0) is 22.4 Å². The van der Waals surface area contributed by atoms with Crippen LogP contribution in [-0.4, -0.2) is 22.8 Å². The fourth-order valence-corrected chi connectivity index (χ4v) is 2.22. The van der Waals surface area contributed by atoms with E-state index in [1.54, 1.807) is 25.1 Å². The number of hydrogen-bond donors (Lipinski definition) is 0. The molecule has 0 bridgehead atoms. The molecule has 0 unspecified atom stereocenters. The number of ether oxygens (including phenoxy) is 1. The summed E-state index contributed by atoms with van der Waals surface area (Å²) < 4.78 is 5.90. The molecule has 3 nitrogen and oxygen atoms in total. The molecule has 0 radical (unpaired) electrons. The molecule has 0 N–H and O–H groups in total. The predicted octanol–water partition coefficient (Wildman–Crippen LogP) is 3.53. The Morgan fingerprint density at radius 1 is 1.47 bits per heavy atom. The minimum absolute atomic E-state index is 0.600. The Balaban J connectivity index is 2.47. The second kappa shape index (κ2) is 7.06. The zero-order valence-electron chi connectivity index (χ0n) is 8.99. The van der Waals surface area contributed by atoms with Crippen LogP contribution in [0, 0.1) is 0 Å². The lowest BCUT2D eigenvalue weighted by atomic mass is 10.3. The maximum absolute atomic E-state index is 5.10. The van der Waals surface area contributed by atoms with Crippen molar-refractivity contribution in [2.24, 2.45) is 0 Å². The summed E-state index contributed by atoms with van der Waals surface area (Å²) in [5.74, 6) is 1.67. The van der Waals surface area contributed by atoms with Gasteiger partial charge in [0, 0.05) is 11.9 Å². The highest BCUT2D eigenvalue weighted by Crippen LogP contribution is 2.24. The zero-order valence-corrected chi connectivity index (χ0v) is 11.4. The molecule has 0 fully saturated rings. The number of aromatic nitrogens is 2. The summed E-state index contributed by atoms with van der Waals surface area (Å²) in [5, 5.41) is 0.783. The SMILES string of the molecule is CCCCCSc1ncc(Br)c(OC)n1. The van der Waals surface area contributed by atoms with Crippen molar-refractivity contribution in [3.63, 3.8) is 0 Å². The quantitative estimate of drug-likeness (QED) is 0.456. The number of thioether (sulfide) groups is 1. The van der Waals surface area contributed by atoms with E-state index >= 15 is 0 Å². The molecule has 1 aromatic rings. The molecule has 0 saturated heterocycles. The molecule has 84 valence electrons. The first kappa shape index (κ1) is 12.8. The first-order chi connectivity index (χ1) is 7.27. The number of halogens is 1. The normalized spacial score (nSPS) is 10.3. The minimum Gasteiger partial charge on any atom is -0.480 e. The molecule has 0 spiro atoms. The molecule has 0 aliphatic carbocycles. The average molecular weight is 291 g/mol. The number of methoxy groups -OCH3 is 1. The van der Waals surface area contributed by atoms with Crippen LogP contribution in [0.3, 0.4) is 0 Å². The molecule has 15 heavy (non-hydrogen) atoms. The second-order valence-electron chi connectivity index (χ2n) is 3.07. The van der Waals surface area contributed by atoms with Crippen molar-refractivity contribution in [2.75, 3.05) is 12.9 Å². The van der Waals surface area contributed by atoms with Gasteiger partial charge in [-0.15, -0.1) is 0 Å². The van der Waals surface area contributed by atoms with Crippen molar-refractivity contribution in [3.8, 4) is 5.88 Å². The zero-order chi connectivity index (χ0) is 11.1. The number of unbranched alkanes of at least 4 members (excludes halogenated alkanes) is 2. The second-order valence-corrected chi connectivity index (χ2v) is 4.98. The van der Waals surface area contributed by atoms with Gasteiger partial charge in [-0.25, -0.2) is 4.98 Å². The monoisotopic (exact) mass is 290 g/mol. The third kappa shape index (κ3) is 4.38. The molecule has 0 atom stereocenters. The van der Waals surface area contributed by atoms with E-state index < -0.39 is 0 Å². The molecular formula is C10H15BrN2OS. The maximum Gasteiger partial charge on any atom is 0.231 e. The van der Waals surface area contributed by atoms with Crippen molar-refractivity contribution in [3.05, 3.63) is 10.7 Å². The van der Waals surface area contributed by atoms with Crippen LogP contribution in [0.15, 0.2) is 15.8 Å². The predicted molar refractivity (Wildman–Crippen MR) is 66.5 cm³/mol. The van der Waals surface area contributed by atoms with E-state index in [0.717, 1.165) is 15.4 Å². The van der Waals surface area contributed by atoms with Crippen LogP contribution in [0.2, 0.25) is 0 Å². The van der Waals surface area contributed by atoms with Gasteiger partial charge in [-0.2, -0.15) is 4.98 Å². The highest BCUT2D eigenvalue weighted by Gasteiger charge is 2.04. The van der Waals surface area contributed by atoms with Gasteiger partial charge in [0.15, 0.2) is 5.16 Å². The molecule has 0 saturated carbocycles. The lowest BCUT2D eigenvalue weighted by Crippen LogP contribution is -1.94. The van der Waals surface area contributed by atoms with E-state index in [-0.39, 0.29) is 0 Å².